The zero-order chi connectivity index (χ0) is 16.7. The van der Waals surface area contributed by atoms with E-state index in [0.29, 0.717) is 5.76 Å². The zero-order valence-electron chi connectivity index (χ0n) is 14.3. The van der Waals surface area contributed by atoms with Gasteiger partial charge in [-0.2, -0.15) is 0 Å². The van der Waals surface area contributed by atoms with E-state index >= 15 is 0 Å². The van der Waals surface area contributed by atoms with Gasteiger partial charge in [0.15, 0.2) is 0 Å². The molecule has 2 rings (SSSR count). The molecule has 0 radical (unpaired) electrons. The van der Waals surface area contributed by atoms with E-state index in [1.165, 1.54) is 30.9 Å². The van der Waals surface area contributed by atoms with Crippen molar-refractivity contribution in [2.24, 2.45) is 0 Å². The lowest BCUT2D eigenvalue weighted by Gasteiger charge is -2.38. The molecule has 0 aliphatic heterocycles. The average molecular weight is 314 g/mol. The van der Waals surface area contributed by atoms with Crippen LogP contribution < -0.4 is 0 Å². The number of methoxy groups -OCH3 is 1. The van der Waals surface area contributed by atoms with Crippen molar-refractivity contribution in [2.45, 2.75) is 50.9 Å². The van der Waals surface area contributed by atoms with Gasteiger partial charge >= 0.3 is 0 Å². The van der Waals surface area contributed by atoms with Crippen LogP contribution in [0.1, 0.15) is 51.0 Å². The Morgan fingerprint density at radius 1 is 1.26 bits per heavy atom. The molecule has 1 aromatic carbocycles. The first-order valence-corrected chi connectivity index (χ1v) is 8.42. The molecule has 0 amide bonds. The number of hydrogen-bond donors (Lipinski definition) is 0. The Balaban J connectivity index is 2.28. The molecule has 23 heavy (non-hydrogen) atoms. The Hall–Kier alpha value is -1.83. The molecule has 1 aliphatic carbocycles. The summed E-state index contributed by atoms with van der Waals surface area (Å²) < 4.78 is 18.9. The second-order valence-corrected chi connectivity index (χ2v) is 6.40. The number of hydrogen-bond acceptors (Lipinski definition) is 1. The molecule has 1 fully saturated rings. The molecular weight excluding hydrogens is 287 g/mol. The third-order valence-electron chi connectivity index (χ3n) is 4.91. The molecule has 0 atom stereocenters. The summed E-state index contributed by atoms with van der Waals surface area (Å²) in [5.74, 6) is 0.505. The van der Waals surface area contributed by atoms with Crippen LogP contribution in [0.25, 0.3) is 0 Å². The first kappa shape index (κ1) is 17.5. The number of halogens is 1. The SMILES string of the molecule is C=C(/C=C\C(=C/C)CC1(c2cccc(F)c2)CCCCC1)OC. The predicted octanol–water partition coefficient (Wildman–Crippen LogP) is 6.08. The minimum atomic E-state index is -0.141. The Morgan fingerprint density at radius 3 is 2.61 bits per heavy atom. The Kier molecular flexibility index (Phi) is 6.20. The first-order chi connectivity index (χ1) is 11.1. The lowest BCUT2D eigenvalue weighted by Crippen LogP contribution is -2.29. The number of allylic oxidation sites excluding steroid dienone is 4. The Bertz CT molecular complexity index is 592. The fourth-order valence-electron chi connectivity index (χ4n) is 3.53. The molecule has 1 aliphatic rings. The van der Waals surface area contributed by atoms with Gasteiger partial charge in [0.05, 0.1) is 7.11 Å². The van der Waals surface area contributed by atoms with E-state index in [4.69, 9.17) is 4.74 Å². The van der Waals surface area contributed by atoms with Crippen LogP contribution in [0.4, 0.5) is 4.39 Å². The van der Waals surface area contributed by atoms with Gasteiger partial charge in [-0.15, -0.1) is 0 Å². The van der Waals surface area contributed by atoms with Gasteiger partial charge < -0.3 is 4.74 Å². The highest BCUT2D eigenvalue weighted by Gasteiger charge is 2.34. The monoisotopic (exact) mass is 314 g/mol. The maximum Gasteiger partial charge on any atom is 0.123 e. The van der Waals surface area contributed by atoms with Crippen molar-refractivity contribution in [3.63, 3.8) is 0 Å². The summed E-state index contributed by atoms with van der Waals surface area (Å²) >= 11 is 0. The van der Waals surface area contributed by atoms with Crippen molar-refractivity contribution in [3.8, 4) is 0 Å². The minimum absolute atomic E-state index is 0.0426. The van der Waals surface area contributed by atoms with E-state index in [2.05, 4.69) is 31.7 Å². The molecule has 0 N–H and O–H groups in total. The van der Waals surface area contributed by atoms with E-state index in [0.717, 1.165) is 24.8 Å². The van der Waals surface area contributed by atoms with Gasteiger partial charge in [0.2, 0.25) is 0 Å². The van der Waals surface area contributed by atoms with Crippen molar-refractivity contribution >= 4 is 0 Å². The molecule has 0 aromatic heterocycles. The average Bonchev–Trinajstić information content (AvgIpc) is 2.59. The van der Waals surface area contributed by atoms with Crippen LogP contribution in [0.15, 0.2) is 60.4 Å². The van der Waals surface area contributed by atoms with Gasteiger partial charge in [-0.3, -0.25) is 0 Å². The fourth-order valence-corrected chi connectivity index (χ4v) is 3.53. The second kappa shape index (κ2) is 8.14. The molecule has 0 unspecified atom stereocenters. The van der Waals surface area contributed by atoms with Crippen LogP contribution in [0.3, 0.4) is 0 Å². The van der Waals surface area contributed by atoms with E-state index in [1.807, 2.05) is 12.1 Å². The first-order valence-electron chi connectivity index (χ1n) is 8.42. The van der Waals surface area contributed by atoms with E-state index < -0.39 is 0 Å². The number of ether oxygens (including phenoxy) is 1. The molecule has 0 saturated heterocycles. The van der Waals surface area contributed by atoms with Gasteiger partial charge in [-0.1, -0.05) is 55.7 Å². The Morgan fingerprint density at radius 2 is 2.00 bits per heavy atom. The van der Waals surface area contributed by atoms with Gasteiger partial charge in [0, 0.05) is 0 Å². The van der Waals surface area contributed by atoms with Crippen LogP contribution in [0.5, 0.6) is 0 Å². The third-order valence-corrected chi connectivity index (χ3v) is 4.91. The molecule has 2 heteroatoms. The predicted molar refractivity (Wildman–Crippen MR) is 94.8 cm³/mol. The standard InChI is InChI=1S/C21H27FO/c1-4-18(12-11-17(2)23-3)16-21(13-6-5-7-14-21)19-9-8-10-20(22)15-19/h4,8-12,15H,2,5-7,13-14,16H2,1,3H3/b12-11-,18-4+. The molecule has 0 heterocycles. The highest BCUT2D eigenvalue weighted by molar-refractivity contribution is 5.33. The normalized spacial score (nSPS) is 18.1. The number of benzene rings is 1. The van der Waals surface area contributed by atoms with Gasteiger partial charge in [0.25, 0.3) is 0 Å². The summed E-state index contributed by atoms with van der Waals surface area (Å²) in [5, 5.41) is 0. The maximum atomic E-state index is 13.8. The van der Waals surface area contributed by atoms with Crippen molar-refractivity contribution in [1.29, 1.82) is 0 Å². The summed E-state index contributed by atoms with van der Waals surface area (Å²) in [6, 6.07) is 7.16. The smallest absolute Gasteiger partial charge is 0.123 e. The Labute approximate surface area is 139 Å². The van der Waals surface area contributed by atoms with Crippen LogP contribution in [0, 0.1) is 5.82 Å². The summed E-state index contributed by atoms with van der Waals surface area (Å²) in [4.78, 5) is 0. The van der Waals surface area contributed by atoms with E-state index in [9.17, 15) is 4.39 Å². The summed E-state index contributed by atoms with van der Waals surface area (Å²) in [5.41, 5.74) is 2.42. The van der Waals surface area contributed by atoms with Crippen molar-refractivity contribution in [3.05, 3.63) is 71.8 Å². The molecule has 1 nitrogen and oxygen atoms in total. The lowest BCUT2D eigenvalue weighted by molar-refractivity contribution is 0.290. The van der Waals surface area contributed by atoms with Gasteiger partial charge in [-0.25, -0.2) is 4.39 Å². The maximum absolute atomic E-state index is 13.8. The second-order valence-electron chi connectivity index (χ2n) is 6.40. The fraction of sp³-hybridized carbons (Fsp3) is 0.429. The van der Waals surface area contributed by atoms with Crippen LogP contribution in [-0.4, -0.2) is 7.11 Å². The van der Waals surface area contributed by atoms with Crippen molar-refractivity contribution in [1.82, 2.24) is 0 Å². The zero-order valence-corrected chi connectivity index (χ0v) is 14.3. The summed E-state index contributed by atoms with van der Waals surface area (Å²) in [6.45, 7) is 5.88. The largest absolute Gasteiger partial charge is 0.497 e. The molecule has 124 valence electrons. The van der Waals surface area contributed by atoms with Crippen LogP contribution in [-0.2, 0) is 10.2 Å². The molecular formula is C21H27FO. The highest BCUT2D eigenvalue weighted by Crippen LogP contribution is 2.44. The number of rotatable bonds is 6. The van der Waals surface area contributed by atoms with Gasteiger partial charge in [0.1, 0.15) is 11.6 Å². The quantitative estimate of drug-likeness (QED) is 0.456. The third kappa shape index (κ3) is 4.57. The van der Waals surface area contributed by atoms with Crippen molar-refractivity contribution in [2.75, 3.05) is 7.11 Å². The van der Waals surface area contributed by atoms with E-state index in [-0.39, 0.29) is 11.2 Å². The van der Waals surface area contributed by atoms with Gasteiger partial charge in [-0.05, 0) is 55.4 Å². The molecule has 1 aromatic rings. The lowest BCUT2D eigenvalue weighted by atomic mass is 9.66. The van der Waals surface area contributed by atoms with E-state index in [1.54, 1.807) is 13.2 Å². The molecule has 0 spiro atoms. The molecule has 0 bridgehead atoms. The van der Waals surface area contributed by atoms with Crippen molar-refractivity contribution < 1.29 is 9.13 Å². The molecule has 1 saturated carbocycles. The minimum Gasteiger partial charge on any atom is -0.497 e. The summed E-state index contributed by atoms with van der Waals surface area (Å²) in [6.07, 6.45) is 13.0. The summed E-state index contributed by atoms with van der Waals surface area (Å²) in [7, 11) is 1.62. The van der Waals surface area contributed by atoms with Crippen LogP contribution >= 0.6 is 0 Å². The highest BCUT2D eigenvalue weighted by atomic mass is 19.1. The van der Waals surface area contributed by atoms with Crippen LogP contribution in [0.2, 0.25) is 0 Å². The topological polar surface area (TPSA) is 9.23 Å².